The predicted octanol–water partition coefficient (Wildman–Crippen LogP) is 2.07. The van der Waals surface area contributed by atoms with Crippen LogP contribution in [-0.4, -0.2) is 26.5 Å². The zero-order valence-corrected chi connectivity index (χ0v) is 9.87. The Morgan fingerprint density at radius 2 is 2.35 bits per heavy atom. The van der Waals surface area contributed by atoms with E-state index in [-0.39, 0.29) is 0 Å². The molecule has 3 aromatic rings. The first-order valence-electron chi connectivity index (χ1n) is 5.33. The smallest absolute Gasteiger partial charge is 0.223 e. The summed E-state index contributed by atoms with van der Waals surface area (Å²) in [6.45, 7) is 0.790. The van der Waals surface area contributed by atoms with Gasteiger partial charge in [0.2, 0.25) is 5.95 Å². The molecule has 0 amide bonds. The van der Waals surface area contributed by atoms with Gasteiger partial charge in [0.05, 0.1) is 22.7 Å². The van der Waals surface area contributed by atoms with E-state index in [2.05, 4.69) is 25.3 Å². The van der Waals surface area contributed by atoms with E-state index in [0.29, 0.717) is 5.95 Å². The molecule has 0 fully saturated rings. The summed E-state index contributed by atoms with van der Waals surface area (Å²) in [4.78, 5) is 15.7. The largest absolute Gasteiger partial charge is 0.354 e. The lowest BCUT2D eigenvalue weighted by Gasteiger charge is -2.02. The molecule has 0 unspecified atom stereocenters. The van der Waals surface area contributed by atoms with Crippen LogP contribution in [0.15, 0.2) is 30.2 Å². The van der Waals surface area contributed by atoms with Gasteiger partial charge in [-0.25, -0.2) is 15.0 Å². The summed E-state index contributed by atoms with van der Waals surface area (Å²) in [5, 5.41) is 5.22. The molecule has 17 heavy (non-hydrogen) atoms. The number of aromatic nitrogens is 4. The first-order chi connectivity index (χ1) is 8.42. The molecule has 0 aliphatic carbocycles. The molecule has 5 nitrogen and oxygen atoms in total. The van der Waals surface area contributed by atoms with Crippen molar-refractivity contribution in [2.75, 3.05) is 11.9 Å². The van der Waals surface area contributed by atoms with Gasteiger partial charge in [-0.05, 0) is 11.4 Å². The third-order valence-corrected chi connectivity index (χ3v) is 3.28. The van der Waals surface area contributed by atoms with Crippen molar-refractivity contribution in [3.05, 3.63) is 35.9 Å². The van der Waals surface area contributed by atoms with Crippen molar-refractivity contribution in [2.45, 2.75) is 6.42 Å². The highest BCUT2D eigenvalue weighted by atomic mass is 32.1. The first-order valence-corrected chi connectivity index (χ1v) is 6.21. The van der Waals surface area contributed by atoms with E-state index in [9.17, 15) is 0 Å². The Morgan fingerprint density at radius 3 is 3.24 bits per heavy atom. The average Bonchev–Trinajstić information content (AvgIpc) is 2.98. The Kier molecular flexibility index (Phi) is 2.71. The molecule has 0 atom stereocenters. The normalized spacial score (nSPS) is 10.8. The Morgan fingerprint density at radius 1 is 1.35 bits per heavy atom. The van der Waals surface area contributed by atoms with Crippen molar-refractivity contribution in [2.24, 2.45) is 0 Å². The molecule has 3 heterocycles. The first kappa shape index (κ1) is 10.2. The number of hydrogen-bond donors (Lipinski definition) is 2. The molecule has 3 aromatic heterocycles. The summed E-state index contributed by atoms with van der Waals surface area (Å²) in [5.74, 6) is 0.676. The van der Waals surface area contributed by atoms with E-state index in [1.54, 1.807) is 17.7 Å². The maximum atomic E-state index is 4.42. The van der Waals surface area contributed by atoms with Gasteiger partial charge >= 0.3 is 0 Å². The van der Waals surface area contributed by atoms with Gasteiger partial charge < -0.3 is 10.3 Å². The zero-order valence-electron chi connectivity index (χ0n) is 9.05. The van der Waals surface area contributed by atoms with E-state index >= 15 is 0 Å². The van der Waals surface area contributed by atoms with Crippen LogP contribution in [0.25, 0.3) is 10.2 Å². The Hall–Kier alpha value is -1.95. The van der Waals surface area contributed by atoms with Crippen molar-refractivity contribution in [3.8, 4) is 0 Å². The van der Waals surface area contributed by atoms with E-state index in [1.807, 2.05) is 23.8 Å². The van der Waals surface area contributed by atoms with Gasteiger partial charge in [0.15, 0.2) is 0 Å². The third-order valence-electron chi connectivity index (χ3n) is 2.44. The van der Waals surface area contributed by atoms with Crippen LogP contribution in [0, 0.1) is 0 Å². The number of nitrogens with zero attached hydrogens (tertiary/aromatic N) is 3. The van der Waals surface area contributed by atoms with Crippen molar-refractivity contribution in [1.29, 1.82) is 0 Å². The molecular formula is C11H11N5S. The second kappa shape index (κ2) is 4.50. The fourth-order valence-electron chi connectivity index (χ4n) is 1.58. The average molecular weight is 245 g/mol. The molecule has 0 bridgehead atoms. The van der Waals surface area contributed by atoms with Crippen LogP contribution in [-0.2, 0) is 6.42 Å². The summed E-state index contributed by atoms with van der Waals surface area (Å²) in [7, 11) is 0. The van der Waals surface area contributed by atoms with Gasteiger partial charge in [-0.1, -0.05) is 0 Å². The standard InChI is InChI=1S/C11H11N5S/c1(8-5-12-7-15-8)3-13-11-14-6-10-9(16-11)2-4-17-10/h2,4-7H,1,3H2,(H,12,15)(H,13,14,16). The van der Waals surface area contributed by atoms with E-state index in [0.717, 1.165) is 28.9 Å². The summed E-state index contributed by atoms with van der Waals surface area (Å²) in [6.07, 6.45) is 6.24. The fraction of sp³-hybridized carbons (Fsp3) is 0.182. The van der Waals surface area contributed by atoms with Crippen LogP contribution in [0.5, 0.6) is 0 Å². The highest BCUT2D eigenvalue weighted by Crippen LogP contribution is 2.18. The van der Waals surface area contributed by atoms with E-state index < -0.39 is 0 Å². The number of aromatic amines is 1. The fourth-order valence-corrected chi connectivity index (χ4v) is 2.27. The molecule has 0 radical (unpaired) electrons. The van der Waals surface area contributed by atoms with Gasteiger partial charge in [-0.15, -0.1) is 11.3 Å². The number of nitrogens with one attached hydrogen (secondary N) is 2. The number of anilines is 1. The van der Waals surface area contributed by atoms with Crippen LogP contribution in [0.1, 0.15) is 5.69 Å². The van der Waals surface area contributed by atoms with Crippen molar-refractivity contribution < 1.29 is 0 Å². The molecule has 6 heteroatoms. The highest BCUT2D eigenvalue weighted by Gasteiger charge is 2.00. The SMILES string of the molecule is c1ncc(CCNc2ncc3sccc3n2)[nH]1. The molecule has 0 aliphatic heterocycles. The number of imidazole rings is 1. The maximum absolute atomic E-state index is 4.42. The van der Waals surface area contributed by atoms with Crippen LogP contribution in [0.2, 0.25) is 0 Å². The summed E-state index contributed by atoms with van der Waals surface area (Å²) in [6, 6.07) is 2.00. The zero-order chi connectivity index (χ0) is 11.5. The lowest BCUT2D eigenvalue weighted by molar-refractivity contribution is 0.957. The minimum atomic E-state index is 0.676. The maximum Gasteiger partial charge on any atom is 0.223 e. The monoisotopic (exact) mass is 245 g/mol. The van der Waals surface area contributed by atoms with Crippen LogP contribution >= 0.6 is 11.3 Å². The Balaban J connectivity index is 1.64. The quantitative estimate of drug-likeness (QED) is 0.738. The van der Waals surface area contributed by atoms with Crippen LogP contribution in [0.4, 0.5) is 5.95 Å². The second-order valence-corrected chi connectivity index (χ2v) is 4.57. The molecule has 3 rings (SSSR count). The molecule has 0 aliphatic rings. The van der Waals surface area contributed by atoms with Gasteiger partial charge in [0.25, 0.3) is 0 Å². The molecule has 2 N–H and O–H groups in total. The van der Waals surface area contributed by atoms with Crippen molar-refractivity contribution in [1.82, 2.24) is 19.9 Å². The molecular weight excluding hydrogens is 234 g/mol. The highest BCUT2D eigenvalue weighted by molar-refractivity contribution is 7.17. The van der Waals surface area contributed by atoms with Crippen molar-refractivity contribution in [3.63, 3.8) is 0 Å². The van der Waals surface area contributed by atoms with Gasteiger partial charge in [0.1, 0.15) is 0 Å². The van der Waals surface area contributed by atoms with E-state index in [1.165, 1.54) is 0 Å². The predicted molar refractivity (Wildman–Crippen MR) is 68.2 cm³/mol. The Bertz CT molecular complexity index is 601. The molecule has 86 valence electrons. The van der Waals surface area contributed by atoms with Gasteiger partial charge in [-0.3, -0.25) is 0 Å². The molecule has 0 spiro atoms. The number of hydrogen-bond acceptors (Lipinski definition) is 5. The van der Waals surface area contributed by atoms with Crippen molar-refractivity contribution >= 4 is 27.5 Å². The number of H-pyrrole nitrogens is 1. The van der Waals surface area contributed by atoms with Gasteiger partial charge in [-0.2, -0.15) is 0 Å². The van der Waals surface area contributed by atoms with Gasteiger partial charge in [0, 0.05) is 24.9 Å². The minimum absolute atomic E-state index is 0.676. The minimum Gasteiger partial charge on any atom is -0.354 e. The molecule has 0 saturated heterocycles. The molecule has 0 saturated carbocycles. The number of thiophene rings is 1. The second-order valence-electron chi connectivity index (χ2n) is 3.62. The topological polar surface area (TPSA) is 66.5 Å². The lowest BCUT2D eigenvalue weighted by Crippen LogP contribution is -2.07. The molecule has 0 aromatic carbocycles. The third kappa shape index (κ3) is 2.26. The Labute approximate surface area is 102 Å². The lowest BCUT2D eigenvalue weighted by atomic mass is 10.3. The number of fused-ring (bicyclic) bond motifs is 1. The summed E-state index contributed by atoms with van der Waals surface area (Å²) >= 11 is 1.65. The van der Waals surface area contributed by atoms with E-state index in [4.69, 9.17) is 0 Å². The van der Waals surface area contributed by atoms with Crippen LogP contribution in [0.3, 0.4) is 0 Å². The summed E-state index contributed by atoms with van der Waals surface area (Å²) in [5.41, 5.74) is 2.10. The van der Waals surface area contributed by atoms with Crippen LogP contribution < -0.4 is 5.32 Å². The number of rotatable bonds is 4. The summed E-state index contributed by atoms with van der Waals surface area (Å²) < 4.78 is 1.11.